The first-order valence-electron chi connectivity index (χ1n) is 9.35. The molecule has 2 atom stereocenters. The quantitative estimate of drug-likeness (QED) is 0.646. The Morgan fingerprint density at radius 1 is 1.11 bits per heavy atom. The monoisotopic (exact) mass is 386 g/mol. The van der Waals surface area contributed by atoms with Crippen LogP contribution in [0.5, 0.6) is 5.75 Å². The number of hydrogen-bond donors (Lipinski definition) is 3. The number of benzene rings is 2. The van der Waals surface area contributed by atoms with Crippen LogP contribution in [-0.4, -0.2) is 42.6 Å². The number of ether oxygens (including phenoxy) is 2. The Morgan fingerprint density at radius 2 is 1.82 bits per heavy atom. The molecule has 152 valence electrons. The Hall–Kier alpha value is -2.73. The first-order valence-corrected chi connectivity index (χ1v) is 9.35. The number of methoxy groups -OCH3 is 1. The Kier molecular flexibility index (Phi) is 7.70. The van der Waals surface area contributed by atoms with Gasteiger partial charge in [-0.2, -0.15) is 0 Å². The number of aliphatic hydroxyl groups excluding tert-OH is 1. The molecule has 0 aliphatic carbocycles. The second-order valence-electron chi connectivity index (χ2n) is 7.69. The number of anilines is 1. The van der Waals surface area contributed by atoms with E-state index in [0.29, 0.717) is 6.42 Å². The summed E-state index contributed by atoms with van der Waals surface area (Å²) in [6, 6.07) is 17.1. The lowest BCUT2D eigenvalue weighted by atomic mass is 10.0. The number of amides is 1. The highest BCUT2D eigenvalue weighted by Gasteiger charge is 2.25. The molecule has 0 saturated heterocycles. The summed E-state index contributed by atoms with van der Waals surface area (Å²) in [6.07, 6.45) is -1.71. The number of aliphatic hydroxyl groups is 1. The molecular weight excluding hydrogens is 356 g/mol. The molecule has 2 rings (SSSR count). The minimum absolute atomic E-state index is 0.230. The Morgan fingerprint density at radius 3 is 2.46 bits per heavy atom. The van der Waals surface area contributed by atoms with Gasteiger partial charge in [-0.1, -0.05) is 36.4 Å². The Balaban J connectivity index is 2.04. The van der Waals surface area contributed by atoms with Gasteiger partial charge in [-0.3, -0.25) is 0 Å². The molecule has 0 radical (unpaired) electrons. The first-order chi connectivity index (χ1) is 13.3. The molecule has 0 aliphatic rings. The zero-order valence-corrected chi connectivity index (χ0v) is 16.9. The number of carbonyl (C=O) groups excluding carboxylic acids is 1. The number of alkyl carbamates (subject to hydrolysis) is 1. The predicted octanol–water partition coefficient (Wildman–Crippen LogP) is 3.60. The zero-order valence-electron chi connectivity index (χ0n) is 16.9. The SMILES string of the molecule is COc1cccc(NC[C@H](O)[C@H](Cc2ccccc2)OC(=O)NC(C)(C)C)c1. The minimum Gasteiger partial charge on any atom is -0.497 e. The van der Waals surface area contributed by atoms with Gasteiger partial charge in [0.2, 0.25) is 0 Å². The topological polar surface area (TPSA) is 79.8 Å². The van der Waals surface area contributed by atoms with Crippen LogP contribution < -0.4 is 15.4 Å². The molecule has 0 aromatic heterocycles. The fourth-order valence-corrected chi connectivity index (χ4v) is 2.66. The van der Waals surface area contributed by atoms with Crippen LogP contribution in [0.1, 0.15) is 26.3 Å². The van der Waals surface area contributed by atoms with E-state index in [0.717, 1.165) is 17.0 Å². The summed E-state index contributed by atoms with van der Waals surface area (Å²) in [4.78, 5) is 12.2. The summed E-state index contributed by atoms with van der Waals surface area (Å²) < 4.78 is 10.8. The van der Waals surface area contributed by atoms with Crippen molar-refractivity contribution >= 4 is 11.8 Å². The van der Waals surface area contributed by atoms with Crippen molar-refractivity contribution in [2.75, 3.05) is 19.0 Å². The number of nitrogens with one attached hydrogen (secondary N) is 2. The molecule has 0 unspecified atom stereocenters. The van der Waals surface area contributed by atoms with E-state index in [1.165, 1.54) is 0 Å². The van der Waals surface area contributed by atoms with E-state index in [2.05, 4.69) is 10.6 Å². The number of rotatable bonds is 8. The van der Waals surface area contributed by atoms with Crippen molar-refractivity contribution in [3.05, 3.63) is 60.2 Å². The normalized spacial score (nSPS) is 13.3. The van der Waals surface area contributed by atoms with Crippen molar-refractivity contribution in [2.45, 2.75) is 44.9 Å². The number of carbonyl (C=O) groups is 1. The van der Waals surface area contributed by atoms with Crippen molar-refractivity contribution in [3.8, 4) is 5.75 Å². The third-order valence-electron chi connectivity index (χ3n) is 4.03. The summed E-state index contributed by atoms with van der Waals surface area (Å²) in [7, 11) is 1.60. The molecule has 6 heteroatoms. The lowest BCUT2D eigenvalue weighted by molar-refractivity contribution is 0.00726. The van der Waals surface area contributed by atoms with E-state index >= 15 is 0 Å². The van der Waals surface area contributed by atoms with Crippen molar-refractivity contribution in [2.24, 2.45) is 0 Å². The molecule has 6 nitrogen and oxygen atoms in total. The molecule has 0 heterocycles. The standard InChI is InChI=1S/C22H30N2O4/c1-22(2,3)24-21(26)28-20(13-16-9-6-5-7-10-16)19(25)15-23-17-11-8-12-18(14-17)27-4/h5-12,14,19-20,23,25H,13,15H2,1-4H3,(H,24,26)/t19-,20-/m0/s1. The molecule has 2 aromatic carbocycles. The predicted molar refractivity (Wildman–Crippen MR) is 111 cm³/mol. The summed E-state index contributed by atoms with van der Waals surface area (Å²) in [5.41, 5.74) is 1.38. The molecule has 0 saturated carbocycles. The Bertz CT molecular complexity index is 744. The molecule has 0 spiro atoms. The van der Waals surface area contributed by atoms with Gasteiger partial charge in [-0.15, -0.1) is 0 Å². The summed E-state index contributed by atoms with van der Waals surface area (Å²) in [5.74, 6) is 0.723. The molecule has 2 aromatic rings. The van der Waals surface area contributed by atoms with Gasteiger partial charge in [-0.25, -0.2) is 4.79 Å². The van der Waals surface area contributed by atoms with E-state index in [-0.39, 0.29) is 6.54 Å². The maximum Gasteiger partial charge on any atom is 0.407 e. The third kappa shape index (κ3) is 7.48. The maximum atomic E-state index is 12.2. The van der Waals surface area contributed by atoms with Gasteiger partial charge < -0.3 is 25.2 Å². The van der Waals surface area contributed by atoms with Gasteiger partial charge in [0, 0.05) is 30.3 Å². The zero-order chi connectivity index (χ0) is 20.6. The second kappa shape index (κ2) is 9.99. The van der Waals surface area contributed by atoms with Gasteiger partial charge >= 0.3 is 6.09 Å². The highest BCUT2D eigenvalue weighted by atomic mass is 16.6. The molecule has 1 amide bonds. The van der Waals surface area contributed by atoms with Crippen molar-refractivity contribution in [1.29, 1.82) is 0 Å². The largest absolute Gasteiger partial charge is 0.497 e. The summed E-state index contributed by atoms with van der Waals surface area (Å²) in [5, 5.41) is 16.6. The second-order valence-corrected chi connectivity index (χ2v) is 7.69. The lowest BCUT2D eigenvalue weighted by Crippen LogP contribution is -2.45. The first kappa shape index (κ1) is 21.6. The highest BCUT2D eigenvalue weighted by molar-refractivity contribution is 5.68. The van der Waals surface area contributed by atoms with Crippen LogP contribution in [0.4, 0.5) is 10.5 Å². The van der Waals surface area contributed by atoms with Gasteiger partial charge in [0.25, 0.3) is 0 Å². The molecule has 0 aliphatic heterocycles. The van der Waals surface area contributed by atoms with Gasteiger partial charge in [0.15, 0.2) is 0 Å². The molecule has 28 heavy (non-hydrogen) atoms. The summed E-state index contributed by atoms with van der Waals surface area (Å²) in [6.45, 7) is 5.86. The number of hydrogen-bond acceptors (Lipinski definition) is 5. The fraction of sp³-hybridized carbons (Fsp3) is 0.409. The van der Waals surface area contributed by atoms with Gasteiger partial charge in [0.1, 0.15) is 18.0 Å². The average Bonchev–Trinajstić information content (AvgIpc) is 2.65. The van der Waals surface area contributed by atoms with Gasteiger partial charge in [-0.05, 0) is 38.5 Å². The van der Waals surface area contributed by atoms with E-state index in [1.54, 1.807) is 7.11 Å². The van der Waals surface area contributed by atoms with Crippen LogP contribution in [0.15, 0.2) is 54.6 Å². The average molecular weight is 386 g/mol. The van der Waals surface area contributed by atoms with E-state index in [9.17, 15) is 9.90 Å². The van der Waals surface area contributed by atoms with Crippen LogP contribution in [0, 0.1) is 0 Å². The van der Waals surface area contributed by atoms with E-state index < -0.39 is 23.8 Å². The minimum atomic E-state index is -0.892. The molecule has 0 bridgehead atoms. The highest BCUT2D eigenvalue weighted by Crippen LogP contribution is 2.18. The van der Waals surface area contributed by atoms with Crippen LogP contribution in [0.25, 0.3) is 0 Å². The van der Waals surface area contributed by atoms with Crippen molar-refractivity contribution in [1.82, 2.24) is 5.32 Å². The van der Waals surface area contributed by atoms with Crippen molar-refractivity contribution in [3.63, 3.8) is 0 Å². The molecule has 3 N–H and O–H groups in total. The van der Waals surface area contributed by atoms with Gasteiger partial charge in [0.05, 0.1) is 7.11 Å². The van der Waals surface area contributed by atoms with Crippen molar-refractivity contribution < 1.29 is 19.4 Å². The van der Waals surface area contributed by atoms with Crippen LogP contribution >= 0.6 is 0 Å². The van der Waals surface area contributed by atoms with Crippen LogP contribution in [0.2, 0.25) is 0 Å². The Labute approximate surface area is 166 Å². The van der Waals surface area contributed by atoms with E-state index in [4.69, 9.17) is 9.47 Å². The summed E-state index contributed by atoms with van der Waals surface area (Å²) >= 11 is 0. The molecule has 0 fully saturated rings. The van der Waals surface area contributed by atoms with Crippen LogP contribution in [0.3, 0.4) is 0 Å². The van der Waals surface area contributed by atoms with Crippen LogP contribution in [-0.2, 0) is 11.2 Å². The third-order valence-corrected chi connectivity index (χ3v) is 4.03. The van der Waals surface area contributed by atoms with E-state index in [1.807, 2.05) is 75.4 Å². The maximum absolute atomic E-state index is 12.2. The lowest BCUT2D eigenvalue weighted by Gasteiger charge is -2.27. The smallest absolute Gasteiger partial charge is 0.407 e. The molecular formula is C22H30N2O4. The fourth-order valence-electron chi connectivity index (χ4n) is 2.66.